The Morgan fingerprint density at radius 2 is 1.90 bits per heavy atom. The van der Waals surface area contributed by atoms with Crippen LogP contribution in [0.2, 0.25) is 10.2 Å². The summed E-state index contributed by atoms with van der Waals surface area (Å²) in [5.41, 5.74) is 3.67. The molecule has 2 heterocycles. The predicted molar refractivity (Wildman–Crippen MR) is 160 cm³/mol. The van der Waals surface area contributed by atoms with E-state index in [1.54, 1.807) is 54.6 Å². The molecule has 0 radical (unpaired) electrons. The minimum Gasteiger partial charge on any atom is -0.453 e. The van der Waals surface area contributed by atoms with Gasteiger partial charge in [-0.2, -0.15) is 9.78 Å². The minimum absolute atomic E-state index is 0.0701. The number of hydrogen-bond acceptors (Lipinski definition) is 9. The topological polar surface area (TPSA) is 161 Å². The van der Waals surface area contributed by atoms with Crippen molar-refractivity contribution in [1.29, 1.82) is 5.41 Å². The lowest BCUT2D eigenvalue weighted by molar-refractivity contribution is -0.117. The monoisotopic (exact) mass is 607 g/mol. The van der Waals surface area contributed by atoms with Gasteiger partial charge < -0.3 is 15.5 Å². The number of hydrogen-bond donors (Lipinski definition) is 3. The second-order valence-corrected chi connectivity index (χ2v) is 10.1. The number of amides is 2. The molecule has 0 aliphatic heterocycles. The third-order valence-electron chi connectivity index (χ3n) is 6.23. The van der Waals surface area contributed by atoms with Crippen LogP contribution in [0.3, 0.4) is 0 Å². The normalized spacial score (nSPS) is 12.5. The number of rotatable bonds is 11. The maximum Gasteiger partial charge on any atom is 0.411 e. The van der Waals surface area contributed by atoms with E-state index in [2.05, 4.69) is 41.1 Å². The molecule has 0 aliphatic carbocycles. The molecule has 4 rings (SSSR count). The number of halogens is 2. The number of benzene rings is 2. The Hall–Kier alpha value is -4.68. The number of carbonyl (C=O) groups is 2. The van der Waals surface area contributed by atoms with Crippen LogP contribution in [-0.2, 0) is 9.53 Å². The second-order valence-electron chi connectivity index (χ2n) is 9.30. The van der Waals surface area contributed by atoms with E-state index in [1.807, 2.05) is 6.92 Å². The van der Waals surface area contributed by atoms with Crippen molar-refractivity contribution in [1.82, 2.24) is 35.7 Å². The molecule has 216 valence electrons. The fourth-order valence-electron chi connectivity index (χ4n) is 4.14. The van der Waals surface area contributed by atoms with Gasteiger partial charge in [0, 0.05) is 27.9 Å². The van der Waals surface area contributed by atoms with Crippen LogP contribution < -0.4 is 10.6 Å². The summed E-state index contributed by atoms with van der Waals surface area (Å²) >= 11 is 12.6. The van der Waals surface area contributed by atoms with Crippen LogP contribution in [0.1, 0.15) is 37.1 Å². The van der Waals surface area contributed by atoms with Crippen LogP contribution in [0.5, 0.6) is 0 Å². The molecule has 2 amide bonds. The third-order valence-corrected chi connectivity index (χ3v) is 6.74. The van der Waals surface area contributed by atoms with E-state index < -0.39 is 12.1 Å². The molecule has 4 aromatic rings. The lowest BCUT2D eigenvalue weighted by Crippen LogP contribution is -2.29. The van der Waals surface area contributed by atoms with Crippen LogP contribution in [0.4, 0.5) is 10.5 Å². The van der Waals surface area contributed by atoms with Gasteiger partial charge in [-0.15, -0.1) is 10.2 Å². The quantitative estimate of drug-likeness (QED) is 0.148. The van der Waals surface area contributed by atoms with Gasteiger partial charge in [0.15, 0.2) is 5.15 Å². The zero-order valence-corrected chi connectivity index (χ0v) is 24.2. The summed E-state index contributed by atoms with van der Waals surface area (Å²) in [5.74, 6) is -0.304. The largest absolute Gasteiger partial charge is 0.453 e. The molecule has 0 saturated carbocycles. The van der Waals surface area contributed by atoms with Crippen molar-refractivity contribution in [2.75, 3.05) is 12.4 Å². The van der Waals surface area contributed by atoms with Crippen molar-refractivity contribution >= 4 is 53.2 Å². The summed E-state index contributed by atoms with van der Waals surface area (Å²) in [6, 6.07) is 13.4. The number of anilines is 1. The first-order chi connectivity index (χ1) is 20.3. The van der Waals surface area contributed by atoms with E-state index >= 15 is 0 Å². The molecule has 0 fully saturated rings. The number of tetrazole rings is 1. The van der Waals surface area contributed by atoms with Crippen molar-refractivity contribution in [3.05, 3.63) is 82.4 Å². The summed E-state index contributed by atoms with van der Waals surface area (Å²) < 4.78 is 6.09. The lowest BCUT2D eigenvalue weighted by Gasteiger charge is -2.21. The van der Waals surface area contributed by atoms with Crippen LogP contribution in [0.25, 0.3) is 22.9 Å². The van der Waals surface area contributed by atoms with E-state index in [4.69, 9.17) is 28.6 Å². The average Bonchev–Trinajstić information content (AvgIpc) is 3.51. The van der Waals surface area contributed by atoms with Gasteiger partial charge in [0.05, 0.1) is 24.5 Å². The van der Waals surface area contributed by atoms with Crippen molar-refractivity contribution in [2.45, 2.75) is 25.8 Å². The first kappa shape index (κ1) is 30.3. The summed E-state index contributed by atoms with van der Waals surface area (Å²) in [4.78, 5) is 24.7. The van der Waals surface area contributed by atoms with Gasteiger partial charge in [0.25, 0.3) is 0 Å². The molecule has 12 nitrogen and oxygen atoms in total. The Morgan fingerprint density at radius 1 is 1.12 bits per heavy atom. The van der Waals surface area contributed by atoms with Crippen LogP contribution >= 0.6 is 23.2 Å². The smallest absolute Gasteiger partial charge is 0.411 e. The molecule has 42 heavy (non-hydrogen) atoms. The highest BCUT2D eigenvalue weighted by molar-refractivity contribution is 6.32. The SMILES string of the molecule is COC(=O)Nc1ccc(-c2cc([C@H](CC(C)CC=N)NC(=O)/C=C/c3cc(Cl)ccc3-n3cnnn3)nnc2Cl)cc1. The molecule has 0 bridgehead atoms. The molecular formula is C28H27Cl2N9O3. The molecule has 14 heteroatoms. The summed E-state index contributed by atoms with van der Waals surface area (Å²) in [5, 5.41) is 33.4. The molecule has 2 atom stereocenters. The summed E-state index contributed by atoms with van der Waals surface area (Å²) in [7, 11) is 1.28. The van der Waals surface area contributed by atoms with Gasteiger partial charge in [-0.1, -0.05) is 42.3 Å². The Balaban J connectivity index is 1.59. The van der Waals surface area contributed by atoms with Crippen LogP contribution in [0, 0.1) is 11.3 Å². The fourth-order valence-corrected chi connectivity index (χ4v) is 4.53. The number of nitrogens with one attached hydrogen (secondary N) is 3. The number of ether oxygens (including phenoxy) is 1. The van der Waals surface area contributed by atoms with Gasteiger partial charge in [-0.3, -0.25) is 10.1 Å². The molecule has 0 aliphatic rings. The van der Waals surface area contributed by atoms with E-state index in [0.717, 1.165) is 5.56 Å². The van der Waals surface area contributed by atoms with Crippen molar-refractivity contribution in [2.24, 2.45) is 5.92 Å². The van der Waals surface area contributed by atoms with Gasteiger partial charge >= 0.3 is 6.09 Å². The first-order valence-corrected chi connectivity index (χ1v) is 13.5. The van der Waals surface area contributed by atoms with Crippen molar-refractivity contribution in [3.8, 4) is 16.8 Å². The predicted octanol–water partition coefficient (Wildman–Crippen LogP) is 5.54. The zero-order chi connectivity index (χ0) is 30.1. The van der Waals surface area contributed by atoms with Crippen LogP contribution in [-0.4, -0.2) is 55.7 Å². The minimum atomic E-state index is -0.581. The Morgan fingerprint density at radius 3 is 2.60 bits per heavy atom. The molecule has 2 aromatic carbocycles. The number of methoxy groups -OCH3 is 1. The van der Waals surface area contributed by atoms with E-state index in [-0.39, 0.29) is 17.0 Å². The van der Waals surface area contributed by atoms with Gasteiger partial charge in [-0.25, -0.2) is 4.79 Å². The molecule has 0 saturated heterocycles. The standard InChI is InChI=1S/C28H27Cl2N9O3/c1-17(11-12-31)13-23(34-26(40)10-5-19-14-20(29)6-9-25(19)39-16-32-37-38-39)24-15-22(27(30)36-35-24)18-3-7-21(8-4-18)33-28(41)42-2/h3-10,12,14-17,23,31H,11,13H2,1-2H3,(H,33,41)(H,34,40)/b10-5+,31-12?/t17?,23-/m0/s1. The third kappa shape index (κ3) is 7.95. The highest BCUT2D eigenvalue weighted by Crippen LogP contribution is 2.31. The Bertz CT molecular complexity index is 1580. The Kier molecular flexibility index (Phi) is 10.3. The molecular weight excluding hydrogens is 581 g/mol. The van der Waals surface area contributed by atoms with Crippen molar-refractivity contribution < 1.29 is 14.3 Å². The number of carbonyl (C=O) groups excluding carboxylic acids is 2. The average molecular weight is 608 g/mol. The first-order valence-electron chi connectivity index (χ1n) is 12.8. The lowest BCUT2D eigenvalue weighted by atomic mass is 9.95. The second kappa shape index (κ2) is 14.3. The maximum atomic E-state index is 13.2. The molecule has 2 aromatic heterocycles. The zero-order valence-electron chi connectivity index (χ0n) is 22.7. The van der Waals surface area contributed by atoms with Gasteiger partial charge in [0.2, 0.25) is 5.91 Å². The summed E-state index contributed by atoms with van der Waals surface area (Å²) in [6.45, 7) is 1.99. The maximum absolute atomic E-state index is 13.2. The van der Waals surface area contributed by atoms with Gasteiger partial charge in [-0.05, 0) is 83.4 Å². The highest BCUT2D eigenvalue weighted by atomic mass is 35.5. The van der Waals surface area contributed by atoms with E-state index in [9.17, 15) is 9.59 Å². The highest BCUT2D eigenvalue weighted by Gasteiger charge is 2.21. The fraction of sp³-hybridized carbons (Fsp3) is 0.214. The van der Waals surface area contributed by atoms with E-state index in [0.29, 0.717) is 46.1 Å². The number of aromatic nitrogens is 6. The summed E-state index contributed by atoms with van der Waals surface area (Å²) in [6.07, 6.45) is 6.25. The molecule has 3 N–H and O–H groups in total. The van der Waals surface area contributed by atoms with Gasteiger partial charge in [0.1, 0.15) is 6.33 Å². The van der Waals surface area contributed by atoms with Crippen LogP contribution in [0.15, 0.2) is 60.9 Å². The van der Waals surface area contributed by atoms with Crippen molar-refractivity contribution in [3.63, 3.8) is 0 Å². The molecule has 0 spiro atoms. The number of nitrogens with zero attached hydrogens (tertiary/aromatic N) is 6. The Labute approximate surface area is 251 Å². The molecule has 1 unspecified atom stereocenters. The van der Waals surface area contributed by atoms with E-state index in [1.165, 1.54) is 30.4 Å².